The minimum atomic E-state index is -4.27. The van der Waals surface area contributed by atoms with Gasteiger partial charge in [0.2, 0.25) is 10.0 Å². The molecule has 0 saturated heterocycles. The lowest BCUT2D eigenvalue weighted by Crippen LogP contribution is -2.21. The standard InChI is InChI=1S/C6H5F2IN2O3S/c7-5(8)3-2(15(10,13)14)1-11-6(12)4(3)9/h1,5H,(H,11,12)(H2,10,13,14). The highest BCUT2D eigenvalue weighted by atomic mass is 127. The van der Waals surface area contributed by atoms with E-state index in [2.05, 4.69) is 0 Å². The van der Waals surface area contributed by atoms with Crippen molar-refractivity contribution in [3.63, 3.8) is 0 Å². The van der Waals surface area contributed by atoms with Crippen molar-refractivity contribution in [3.8, 4) is 0 Å². The van der Waals surface area contributed by atoms with Crippen molar-refractivity contribution < 1.29 is 17.2 Å². The van der Waals surface area contributed by atoms with Gasteiger partial charge in [0.25, 0.3) is 12.0 Å². The van der Waals surface area contributed by atoms with E-state index in [0.717, 1.165) is 0 Å². The molecule has 3 N–H and O–H groups in total. The number of pyridine rings is 1. The van der Waals surface area contributed by atoms with Crippen LogP contribution in [0.3, 0.4) is 0 Å². The van der Waals surface area contributed by atoms with E-state index in [1.807, 2.05) is 4.98 Å². The van der Waals surface area contributed by atoms with Crippen LogP contribution in [0.25, 0.3) is 0 Å². The van der Waals surface area contributed by atoms with Gasteiger partial charge in [0.15, 0.2) is 0 Å². The number of primary sulfonamides is 1. The van der Waals surface area contributed by atoms with Gasteiger partial charge in [0, 0.05) is 6.20 Å². The van der Waals surface area contributed by atoms with Crippen molar-refractivity contribution in [2.24, 2.45) is 5.14 Å². The first-order valence-corrected chi connectivity index (χ1v) is 6.09. The summed E-state index contributed by atoms with van der Waals surface area (Å²) in [4.78, 5) is 12.2. The molecule has 5 nitrogen and oxygen atoms in total. The fourth-order valence-electron chi connectivity index (χ4n) is 0.941. The highest BCUT2D eigenvalue weighted by molar-refractivity contribution is 14.1. The molecule has 0 aromatic carbocycles. The number of hydrogen-bond acceptors (Lipinski definition) is 3. The lowest BCUT2D eigenvalue weighted by atomic mass is 10.3. The molecule has 1 aromatic heterocycles. The van der Waals surface area contributed by atoms with Crippen molar-refractivity contribution in [3.05, 3.63) is 25.7 Å². The van der Waals surface area contributed by atoms with Crippen LogP contribution >= 0.6 is 22.6 Å². The summed E-state index contributed by atoms with van der Waals surface area (Å²) in [6.07, 6.45) is -2.41. The molecule has 0 atom stereocenters. The predicted octanol–water partition coefficient (Wildman–Crippen LogP) is 0.565. The molecule has 1 rings (SSSR count). The van der Waals surface area contributed by atoms with Crippen LogP contribution in [-0.2, 0) is 10.0 Å². The van der Waals surface area contributed by atoms with Crippen LogP contribution in [0.2, 0.25) is 0 Å². The lowest BCUT2D eigenvalue weighted by molar-refractivity contribution is 0.146. The average molecular weight is 350 g/mol. The Morgan fingerprint density at radius 1 is 1.47 bits per heavy atom. The summed E-state index contributed by atoms with van der Waals surface area (Å²) in [6, 6.07) is 0. The predicted molar refractivity (Wildman–Crippen MR) is 56.1 cm³/mol. The third-order valence-corrected chi connectivity index (χ3v) is 3.58. The van der Waals surface area contributed by atoms with Gasteiger partial charge in [-0.25, -0.2) is 22.3 Å². The molecular formula is C6H5F2IN2O3S. The van der Waals surface area contributed by atoms with Gasteiger partial charge >= 0.3 is 0 Å². The number of H-pyrrole nitrogens is 1. The Balaban J connectivity index is 3.70. The minimum Gasteiger partial charge on any atom is -0.327 e. The van der Waals surface area contributed by atoms with Gasteiger partial charge in [-0.1, -0.05) is 0 Å². The third kappa shape index (κ3) is 2.52. The molecule has 0 spiro atoms. The number of hydrogen-bond donors (Lipinski definition) is 2. The van der Waals surface area contributed by atoms with Gasteiger partial charge in [0.05, 0.1) is 9.13 Å². The van der Waals surface area contributed by atoms with Crippen LogP contribution in [0.15, 0.2) is 15.9 Å². The van der Waals surface area contributed by atoms with E-state index in [-0.39, 0.29) is 3.57 Å². The van der Waals surface area contributed by atoms with Crippen LogP contribution in [0.1, 0.15) is 12.0 Å². The molecule has 1 aromatic rings. The second-order valence-corrected chi connectivity index (χ2v) is 5.16. The number of sulfonamides is 1. The summed E-state index contributed by atoms with van der Waals surface area (Å²) in [5, 5.41) is 4.73. The summed E-state index contributed by atoms with van der Waals surface area (Å²) in [7, 11) is -4.27. The van der Waals surface area contributed by atoms with E-state index in [9.17, 15) is 22.0 Å². The van der Waals surface area contributed by atoms with Gasteiger partial charge in [-0.2, -0.15) is 0 Å². The molecule has 0 unspecified atom stereocenters. The van der Waals surface area contributed by atoms with Crippen molar-refractivity contribution in [1.29, 1.82) is 0 Å². The molecule has 0 radical (unpaired) electrons. The van der Waals surface area contributed by atoms with Gasteiger partial charge in [0.1, 0.15) is 4.90 Å². The summed E-state index contributed by atoms with van der Waals surface area (Å²) < 4.78 is 46.5. The molecule has 0 aliphatic carbocycles. The molecule has 9 heteroatoms. The number of nitrogens with one attached hydrogen (secondary N) is 1. The second kappa shape index (κ2) is 4.14. The number of nitrogens with two attached hydrogens (primary N) is 1. The molecule has 15 heavy (non-hydrogen) atoms. The lowest BCUT2D eigenvalue weighted by Gasteiger charge is -2.07. The highest BCUT2D eigenvalue weighted by Crippen LogP contribution is 2.27. The fraction of sp³-hybridized carbons (Fsp3) is 0.167. The van der Waals surface area contributed by atoms with Crippen LogP contribution in [0, 0.1) is 3.57 Å². The van der Waals surface area contributed by atoms with Crippen molar-refractivity contribution in [2.75, 3.05) is 0 Å². The number of halogens is 3. The summed E-state index contributed by atoms with van der Waals surface area (Å²) in [6.45, 7) is 0. The maximum Gasteiger partial charge on any atom is 0.266 e. The Labute approximate surface area is 96.9 Å². The van der Waals surface area contributed by atoms with Gasteiger partial charge in [-0.3, -0.25) is 4.79 Å². The maximum absolute atomic E-state index is 12.5. The summed E-state index contributed by atoms with van der Waals surface area (Å²) in [5.41, 5.74) is -1.64. The maximum atomic E-state index is 12.5. The summed E-state index contributed by atoms with van der Waals surface area (Å²) in [5.74, 6) is 0. The molecule has 0 saturated carbocycles. The monoisotopic (exact) mass is 350 g/mol. The van der Waals surface area contributed by atoms with E-state index in [1.165, 1.54) is 22.6 Å². The zero-order valence-electron chi connectivity index (χ0n) is 7.00. The topological polar surface area (TPSA) is 93.0 Å². The zero-order chi connectivity index (χ0) is 11.8. The van der Waals surface area contributed by atoms with Crippen molar-refractivity contribution in [2.45, 2.75) is 11.3 Å². The number of alkyl halides is 2. The smallest absolute Gasteiger partial charge is 0.266 e. The number of aromatic nitrogens is 1. The van der Waals surface area contributed by atoms with Gasteiger partial charge in [-0.15, -0.1) is 0 Å². The van der Waals surface area contributed by atoms with E-state index >= 15 is 0 Å². The summed E-state index contributed by atoms with van der Waals surface area (Å²) >= 11 is 1.34. The Bertz CT molecular complexity index is 540. The molecule has 84 valence electrons. The first-order chi connectivity index (χ1) is 6.75. The molecule has 1 heterocycles. The van der Waals surface area contributed by atoms with Gasteiger partial charge < -0.3 is 4.98 Å². The van der Waals surface area contributed by atoms with Crippen LogP contribution in [-0.4, -0.2) is 13.4 Å². The molecule has 0 amide bonds. The molecule has 0 aliphatic rings. The largest absolute Gasteiger partial charge is 0.327 e. The molecular weight excluding hydrogens is 345 g/mol. The third-order valence-electron chi connectivity index (χ3n) is 1.56. The molecule has 0 aliphatic heterocycles. The second-order valence-electron chi connectivity index (χ2n) is 2.56. The Morgan fingerprint density at radius 2 is 2.00 bits per heavy atom. The van der Waals surface area contributed by atoms with Crippen molar-refractivity contribution in [1.82, 2.24) is 4.98 Å². The Hall–Kier alpha value is -0.550. The van der Waals surface area contributed by atoms with Crippen molar-refractivity contribution >= 4 is 32.6 Å². The van der Waals surface area contributed by atoms with Gasteiger partial charge in [-0.05, 0) is 22.6 Å². The molecule has 0 bridgehead atoms. The average Bonchev–Trinajstić information content (AvgIpc) is 2.06. The first kappa shape index (κ1) is 12.5. The number of aromatic amines is 1. The van der Waals surface area contributed by atoms with E-state index in [0.29, 0.717) is 6.20 Å². The zero-order valence-corrected chi connectivity index (χ0v) is 9.97. The van der Waals surface area contributed by atoms with Crippen LogP contribution < -0.4 is 10.7 Å². The minimum absolute atomic E-state index is 0.380. The Kier molecular flexibility index (Phi) is 3.45. The van der Waals surface area contributed by atoms with Crippen LogP contribution in [0.4, 0.5) is 8.78 Å². The number of rotatable bonds is 2. The first-order valence-electron chi connectivity index (χ1n) is 3.47. The normalized spacial score (nSPS) is 12.1. The Morgan fingerprint density at radius 3 is 2.40 bits per heavy atom. The van der Waals surface area contributed by atoms with E-state index in [1.54, 1.807) is 0 Å². The SMILES string of the molecule is NS(=O)(=O)c1c[nH]c(=O)c(I)c1C(F)F. The highest BCUT2D eigenvalue weighted by Gasteiger charge is 2.25. The van der Waals surface area contributed by atoms with E-state index < -0.39 is 32.5 Å². The van der Waals surface area contributed by atoms with Crippen LogP contribution in [0.5, 0.6) is 0 Å². The van der Waals surface area contributed by atoms with E-state index in [4.69, 9.17) is 5.14 Å². The fourth-order valence-corrected chi connectivity index (χ4v) is 2.53. The molecule has 0 fully saturated rings. The quantitative estimate of drug-likeness (QED) is 0.764.